The van der Waals surface area contributed by atoms with Gasteiger partial charge in [-0.25, -0.2) is 9.18 Å². The van der Waals surface area contributed by atoms with Crippen molar-refractivity contribution >= 4 is 17.6 Å². The molecular formula is C18H20FN3O2. The monoisotopic (exact) mass is 329 g/mol. The van der Waals surface area contributed by atoms with Gasteiger partial charge in [-0.15, -0.1) is 0 Å². The van der Waals surface area contributed by atoms with Crippen molar-refractivity contribution in [2.75, 3.05) is 18.9 Å². The Morgan fingerprint density at radius 1 is 1.08 bits per heavy atom. The zero-order valence-electron chi connectivity index (χ0n) is 13.5. The first-order valence-electron chi connectivity index (χ1n) is 7.63. The number of para-hydroxylation sites is 1. The molecule has 0 spiro atoms. The zero-order chi connectivity index (χ0) is 17.4. The van der Waals surface area contributed by atoms with Crippen LogP contribution in [0, 0.1) is 5.82 Å². The van der Waals surface area contributed by atoms with Gasteiger partial charge >= 0.3 is 6.03 Å². The average Bonchev–Trinajstić information content (AvgIpc) is 2.55. The molecule has 6 heteroatoms. The van der Waals surface area contributed by atoms with Crippen LogP contribution in [0.25, 0.3) is 0 Å². The number of hydrogen-bond donors (Lipinski definition) is 2. The predicted octanol–water partition coefficient (Wildman–Crippen LogP) is 3.00. The van der Waals surface area contributed by atoms with Gasteiger partial charge in [0.1, 0.15) is 5.82 Å². The maximum atomic E-state index is 13.1. The van der Waals surface area contributed by atoms with E-state index in [9.17, 15) is 14.0 Å². The largest absolute Gasteiger partial charge is 0.341 e. The minimum Gasteiger partial charge on any atom is -0.341 e. The highest BCUT2D eigenvalue weighted by atomic mass is 19.1. The number of urea groups is 1. The normalized spacial score (nSPS) is 10.1. The summed E-state index contributed by atoms with van der Waals surface area (Å²) >= 11 is 0. The molecular weight excluding hydrogens is 309 g/mol. The Kier molecular flexibility index (Phi) is 6.31. The molecule has 0 saturated heterocycles. The topological polar surface area (TPSA) is 61.4 Å². The second kappa shape index (κ2) is 8.67. The minimum atomic E-state index is -0.359. The third-order valence-corrected chi connectivity index (χ3v) is 3.39. The second-order valence-corrected chi connectivity index (χ2v) is 5.38. The predicted molar refractivity (Wildman–Crippen MR) is 91.0 cm³/mol. The molecule has 2 aromatic rings. The van der Waals surface area contributed by atoms with Gasteiger partial charge in [0, 0.05) is 32.2 Å². The van der Waals surface area contributed by atoms with E-state index in [1.54, 1.807) is 31.3 Å². The van der Waals surface area contributed by atoms with Gasteiger partial charge in [-0.1, -0.05) is 30.3 Å². The molecule has 2 aromatic carbocycles. The van der Waals surface area contributed by atoms with Crippen molar-refractivity contribution in [1.82, 2.24) is 10.2 Å². The fraction of sp³-hybridized carbons (Fsp3) is 0.222. The van der Waals surface area contributed by atoms with Crippen LogP contribution in [0.3, 0.4) is 0 Å². The smallest absolute Gasteiger partial charge is 0.319 e. The third kappa shape index (κ3) is 5.72. The Labute approximate surface area is 140 Å². The van der Waals surface area contributed by atoms with Crippen LogP contribution in [0.1, 0.15) is 12.0 Å². The van der Waals surface area contributed by atoms with Gasteiger partial charge in [0.25, 0.3) is 0 Å². The van der Waals surface area contributed by atoms with Crippen molar-refractivity contribution in [1.29, 1.82) is 0 Å². The SMILES string of the molecule is CN(Cc1cccc(F)c1)C(=O)CCNC(=O)Nc1ccccc1. The lowest BCUT2D eigenvalue weighted by molar-refractivity contribution is -0.130. The van der Waals surface area contributed by atoms with Crippen LogP contribution in [0.2, 0.25) is 0 Å². The van der Waals surface area contributed by atoms with E-state index in [2.05, 4.69) is 10.6 Å². The van der Waals surface area contributed by atoms with Gasteiger partial charge in [-0.05, 0) is 29.8 Å². The van der Waals surface area contributed by atoms with Crippen molar-refractivity contribution in [3.63, 3.8) is 0 Å². The molecule has 0 saturated carbocycles. The van der Waals surface area contributed by atoms with E-state index in [1.165, 1.54) is 17.0 Å². The van der Waals surface area contributed by atoms with Gasteiger partial charge < -0.3 is 15.5 Å². The van der Waals surface area contributed by atoms with Crippen LogP contribution in [0.15, 0.2) is 54.6 Å². The van der Waals surface area contributed by atoms with E-state index in [4.69, 9.17) is 0 Å². The fourth-order valence-electron chi connectivity index (χ4n) is 2.17. The molecule has 0 radical (unpaired) electrons. The number of carbonyl (C=O) groups is 2. The summed E-state index contributed by atoms with van der Waals surface area (Å²) in [6.07, 6.45) is 0.175. The Balaban J connectivity index is 1.71. The van der Waals surface area contributed by atoms with Crippen molar-refractivity contribution < 1.29 is 14.0 Å². The number of anilines is 1. The molecule has 0 aliphatic rings. The molecule has 0 fully saturated rings. The molecule has 0 heterocycles. The first-order chi connectivity index (χ1) is 11.5. The minimum absolute atomic E-state index is 0.126. The first-order valence-corrected chi connectivity index (χ1v) is 7.63. The lowest BCUT2D eigenvalue weighted by Gasteiger charge is -2.17. The number of nitrogens with zero attached hydrogens (tertiary/aromatic N) is 1. The van der Waals surface area contributed by atoms with E-state index >= 15 is 0 Å². The molecule has 126 valence electrons. The van der Waals surface area contributed by atoms with Gasteiger partial charge in [-0.2, -0.15) is 0 Å². The van der Waals surface area contributed by atoms with Gasteiger partial charge in [0.2, 0.25) is 5.91 Å². The quantitative estimate of drug-likeness (QED) is 0.856. The maximum Gasteiger partial charge on any atom is 0.319 e. The highest BCUT2D eigenvalue weighted by Crippen LogP contribution is 2.07. The van der Waals surface area contributed by atoms with E-state index in [1.807, 2.05) is 18.2 Å². The first kappa shape index (κ1) is 17.5. The number of benzene rings is 2. The number of carbonyl (C=O) groups excluding carboxylic acids is 2. The van der Waals surface area contributed by atoms with E-state index < -0.39 is 0 Å². The zero-order valence-corrected chi connectivity index (χ0v) is 13.5. The van der Waals surface area contributed by atoms with Crippen LogP contribution in [0.5, 0.6) is 0 Å². The molecule has 0 aliphatic heterocycles. The van der Waals surface area contributed by atoms with Crippen molar-refractivity contribution in [2.24, 2.45) is 0 Å². The van der Waals surface area contributed by atoms with Gasteiger partial charge in [0.05, 0.1) is 0 Å². The lowest BCUT2D eigenvalue weighted by Crippen LogP contribution is -2.34. The Morgan fingerprint density at radius 2 is 1.83 bits per heavy atom. The molecule has 0 unspecified atom stereocenters. The summed E-state index contributed by atoms with van der Waals surface area (Å²) in [5.41, 5.74) is 1.41. The van der Waals surface area contributed by atoms with Crippen LogP contribution in [-0.2, 0) is 11.3 Å². The van der Waals surface area contributed by atoms with Crippen LogP contribution in [0.4, 0.5) is 14.9 Å². The summed E-state index contributed by atoms with van der Waals surface area (Å²) < 4.78 is 13.1. The van der Waals surface area contributed by atoms with Gasteiger partial charge in [0.15, 0.2) is 0 Å². The fourth-order valence-corrected chi connectivity index (χ4v) is 2.17. The van der Waals surface area contributed by atoms with E-state index in [0.717, 1.165) is 5.56 Å². The second-order valence-electron chi connectivity index (χ2n) is 5.38. The summed E-state index contributed by atoms with van der Waals surface area (Å²) in [5, 5.41) is 5.31. The summed E-state index contributed by atoms with van der Waals surface area (Å²) in [6.45, 7) is 0.553. The molecule has 0 aromatic heterocycles. The molecule has 5 nitrogen and oxygen atoms in total. The van der Waals surface area contributed by atoms with E-state index in [0.29, 0.717) is 12.2 Å². The van der Waals surface area contributed by atoms with E-state index in [-0.39, 0.29) is 30.7 Å². The molecule has 2 rings (SSSR count). The standard InChI is InChI=1S/C18H20FN3O2/c1-22(13-14-6-5-7-15(19)12-14)17(23)10-11-20-18(24)21-16-8-3-2-4-9-16/h2-9,12H,10-11,13H2,1H3,(H2,20,21,24). The summed E-state index contributed by atoms with van der Waals surface area (Å²) in [4.78, 5) is 25.2. The molecule has 2 N–H and O–H groups in total. The number of amides is 3. The lowest BCUT2D eigenvalue weighted by atomic mass is 10.2. The van der Waals surface area contributed by atoms with Crippen molar-refractivity contribution in [3.8, 4) is 0 Å². The Hall–Kier alpha value is -2.89. The number of hydrogen-bond acceptors (Lipinski definition) is 2. The van der Waals surface area contributed by atoms with Crippen LogP contribution >= 0.6 is 0 Å². The highest BCUT2D eigenvalue weighted by Gasteiger charge is 2.10. The molecule has 24 heavy (non-hydrogen) atoms. The summed E-state index contributed by atoms with van der Waals surface area (Å²) in [5.74, 6) is -0.452. The van der Waals surface area contributed by atoms with Crippen LogP contribution < -0.4 is 10.6 Å². The summed E-state index contributed by atoms with van der Waals surface area (Å²) in [6, 6.07) is 14.8. The van der Waals surface area contributed by atoms with Crippen molar-refractivity contribution in [2.45, 2.75) is 13.0 Å². The third-order valence-electron chi connectivity index (χ3n) is 3.39. The average molecular weight is 329 g/mol. The molecule has 0 bridgehead atoms. The number of nitrogens with one attached hydrogen (secondary N) is 2. The Bertz CT molecular complexity index is 692. The Morgan fingerprint density at radius 3 is 2.54 bits per heavy atom. The summed E-state index contributed by atoms with van der Waals surface area (Å²) in [7, 11) is 1.65. The molecule has 3 amide bonds. The van der Waals surface area contributed by atoms with Crippen molar-refractivity contribution in [3.05, 3.63) is 66.0 Å². The molecule has 0 atom stereocenters. The number of halogens is 1. The molecule has 0 aliphatic carbocycles. The maximum absolute atomic E-state index is 13.1. The number of rotatable bonds is 6. The highest BCUT2D eigenvalue weighted by molar-refractivity contribution is 5.89. The van der Waals surface area contributed by atoms with Crippen LogP contribution in [-0.4, -0.2) is 30.4 Å². The van der Waals surface area contributed by atoms with Gasteiger partial charge in [-0.3, -0.25) is 4.79 Å².